The molecule has 1 aromatic rings. The van der Waals surface area contributed by atoms with E-state index in [0.717, 1.165) is 12.0 Å². The number of hydrogen-bond acceptors (Lipinski definition) is 3. The predicted molar refractivity (Wildman–Crippen MR) is 98.0 cm³/mol. The number of likely N-dealkylation sites (N-methyl/N-ethyl adjacent to an activating group) is 1. The highest BCUT2D eigenvalue weighted by molar-refractivity contribution is 5.20. The predicted octanol–water partition coefficient (Wildman–Crippen LogP) is 2.94. The smallest absolute Gasteiger partial charge is 0.0109 e. The number of rotatable bonds is 6. The summed E-state index contributed by atoms with van der Waals surface area (Å²) in [4.78, 5) is 5.10. The molecule has 2 atom stereocenters. The van der Waals surface area contributed by atoms with Gasteiger partial charge in [0, 0.05) is 19.1 Å². The SMILES string of the molecule is CN1CCCN(CCCN[C@@H]2CC[C@@H](c3ccccc3)C2)CC1. The Morgan fingerprint density at radius 3 is 2.78 bits per heavy atom. The van der Waals surface area contributed by atoms with Gasteiger partial charge in [0.1, 0.15) is 0 Å². The second kappa shape index (κ2) is 8.81. The van der Waals surface area contributed by atoms with Crippen LogP contribution in [-0.2, 0) is 0 Å². The highest BCUT2D eigenvalue weighted by atomic mass is 15.2. The normalized spacial score (nSPS) is 27.2. The zero-order valence-corrected chi connectivity index (χ0v) is 14.7. The minimum Gasteiger partial charge on any atom is -0.314 e. The molecule has 3 nitrogen and oxygen atoms in total. The van der Waals surface area contributed by atoms with Gasteiger partial charge in [-0.25, -0.2) is 0 Å². The van der Waals surface area contributed by atoms with Crippen LogP contribution in [0.1, 0.15) is 43.6 Å². The molecular formula is C20H33N3. The summed E-state index contributed by atoms with van der Waals surface area (Å²) in [5.41, 5.74) is 1.53. The average Bonchev–Trinajstić information content (AvgIpc) is 2.96. The number of hydrogen-bond donors (Lipinski definition) is 1. The summed E-state index contributed by atoms with van der Waals surface area (Å²) in [6, 6.07) is 11.8. The Morgan fingerprint density at radius 2 is 1.91 bits per heavy atom. The second-order valence-corrected chi connectivity index (χ2v) is 7.42. The zero-order chi connectivity index (χ0) is 15.9. The molecule has 0 spiro atoms. The van der Waals surface area contributed by atoms with Gasteiger partial charge in [0.05, 0.1) is 0 Å². The summed E-state index contributed by atoms with van der Waals surface area (Å²) in [7, 11) is 2.24. The van der Waals surface area contributed by atoms with E-state index in [1.165, 1.54) is 76.9 Å². The van der Waals surface area contributed by atoms with Gasteiger partial charge in [-0.1, -0.05) is 30.3 Å². The van der Waals surface area contributed by atoms with E-state index in [4.69, 9.17) is 0 Å². The molecule has 23 heavy (non-hydrogen) atoms. The third-order valence-corrected chi connectivity index (χ3v) is 5.60. The van der Waals surface area contributed by atoms with E-state index in [0.29, 0.717) is 0 Å². The topological polar surface area (TPSA) is 18.5 Å². The summed E-state index contributed by atoms with van der Waals surface area (Å²) in [5.74, 6) is 0.773. The first-order valence-electron chi connectivity index (χ1n) is 9.50. The molecule has 1 saturated carbocycles. The van der Waals surface area contributed by atoms with Gasteiger partial charge in [-0.2, -0.15) is 0 Å². The Morgan fingerprint density at radius 1 is 1.04 bits per heavy atom. The van der Waals surface area contributed by atoms with Crippen molar-refractivity contribution in [1.29, 1.82) is 0 Å². The minimum atomic E-state index is 0.732. The molecule has 2 aliphatic rings. The molecule has 0 unspecified atom stereocenters. The van der Waals surface area contributed by atoms with Crippen LogP contribution in [0, 0.1) is 0 Å². The van der Waals surface area contributed by atoms with Gasteiger partial charge < -0.3 is 15.1 Å². The zero-order valence-electron chi connectivity index (χ0n) is 14.7. The van der Waals surface area contributed by atoms with Crippen molar-refractivity contribution in [3.8, 4) is 0 Å². The first kappa shape index (κ1) is 16.9. The Kier molecular flexibility index (Phi) is 6.49. The van der Waals surface area contributed by atoms with E-state index in [1.807, 2.05) is 0 Å². The molecule has 128 valence electrons. The maximum absolute atomic E-state index is 3.81. The van der Waals surface area contributed by atoms with Crippen LogP contribution in [0.3, 0.4) is 0 Å². The molecule has 1 aliphatic carbocycles. The molecule has 1 heterocycles. The number of nitrogens with one attached hydrogen (secondary N) is 1. The quantitative estimate of drug-likeness (QED) is 0.814. The maximum atomic E-state index is 3.81. The summed E-state index contributed by atoms with van der Waals surface area (Å²) in [6.45, 7) is 7.46. The van der Waals surface area contributed by atoms with Crippen molar-refractivity contribution in [1.82, 2.24) is 15.1 Å². The molecule has 1 aliphatic heterocycles. The number of nitrogens with zero attached hydrogens (tertiary/aromatic N) is 2. The standard InChI is InChI=1S/C20H33N3/c1-22-12-6-14-23(16-15-22)13-5-11-21-20-10-9-19(17-20)18-7-3-2-4-8-18/h2-4,7-8,19-21H,5-6,9-17H2,1H3/t19-,20-/m1/s1. The lowest BCUT2D eigenvalue weighted by Crippen LogP contribution is -2.33. The summed E-state index contributed by atoms with van der Waals surface area (Å²) in [5, 5.41) is 3.81. The fourth-order valence-electron chi connectivity index (χ4n) is 4.13. The van der Waals surface area contributed by atoms with Crippen LogP contribution >= 0.6 is 0 Å². The van der Waals surface area contributed by atoms with E-state index < -0.39 is 0 Å². The van der Waals surface area contributed by atoms with Gasteiger partial charge >= 0.3 is 0 Å². The van der Waals surface area contributed by atoms with Crippen LogP contribution in [0.2, 0.25) is 0 Å². The van der Waals surface area contributed by atoms with Crippen molar-refractivity contribution in [2.24, 2.45) is 0 Å². The third-order valence-electron chi connectivity index (χ3n) is 5.60. The van der Waals surface area contributed by atoms with Gasteiger partial charge in [-0.15, -0.1) is 0 Å². The summed E-state index contributed by atoms with van der Waals surface area (Å²) in [6.07, 6.45) is 6.62. The van der Waals surface area contributed by atoms with Crippen LogP contribution in [0.5, 0.6) is 0 Å². The molecule has 1 N–H and O–H groups in total. The Bertz CT molecular complexity index is 447. The van der Waals surface area contributed by atoms with Crippen molar-refractivity contribution in [3.63, 3.8) is 0 Å². The van der Waals surface area contributed by atoms with Gasteiger partial charge in [-0.05, 0) is 76.8 Å². The Balaban J connectivity index is 1.31. The number of benzene rings is 1. The fraction of sp³-hybridized carbons (Fsp3) is 0.700. The molecule has 1 saturated heterocycles. The molecule has 0 bridgehead atoms. The third kappa shape index (κ3) is 5.30. The Hall–Kier alpha value is -0.900. The van der Waals surface area contributed by atoms with Crippen LogP contribution in [0.4, 0.5) is 0 Å². The molecular weight excluding hydrogens is 282 g/mol. The van der Waals surface area contributed by atoms with Gasteiger partial charge in [0.15, 0.2) is 0 Å². The van der Waals surface area contributed by atoms with E-state index in [-0.39, 0.29) is 0 Å². The molecule has 2 fully saturated rings. The summed E-state index contributed by atoms with van der Waals surface area (Å²) >= 11 is 0. The molecule has 0 amide bonds. The molecule has 3 heteroatoms. The molecule has 3 rings (SSSR count). The minimum absolute atomic E-state index is 0.732. The van der Waals surface area contributed by atoms with Crippen molar-refractivity contribution < 1.29 is 0 Å². The van der Waals surface area contributed by atoms with E-state index in [1.54, 1.807) is 0 Å². The van der Waals surface area contributed by atoms with E-state index >= 15 is 0 Å². The van der Waals surface area contributed by atoms with Crippen LogP contribution in [-0.4, -0.2) is 62.2 Å². The average molecular weight is 316 g/mol. The first-order chi connectivity index (χ1) is 11.3. The Labute approximate surface area is 142 Å². The lowest BCUT2D eigenvalue weighted by Gasteiger charge is -2.21. The molecule has 0 radical (unpaired) electrons. The van der Waals surface area contributed by atoms with Crippen molar-refractivity contribution in [2.75, 3.05) is 46.3 Å². The highest BCUT2D eigenvalue weighted by Crippen LogP contribution is 2.34. The van der Waals surface area contributed by atoms with Gasteiger partial charge in [-0.3, -0.25) is 0 Å². The van der Waals surface area contributed by atoms with Gasteiger partial charge in [0.25, 0.3) is 0 Å². The van der Waals surface area contributed by atoms with Crippen LogP contribution in [0.25, 0.3) is 0 Å². The van der Waals surface area contributed by atoms with Crippen LogP contribution in [0.15, 0.2) is 30.3 Å². The van der Waals surface area contributed by atoms with E-state index in [9.17, 15) is 0 Å². The monoisotopic (exact) mass is 315 g/mol. The molecule has 0 aromatic heterocycles. The van der Waals surface area contributed by atoms with Crippen molar-refractivity contribution in [3.05, 3.63) is 35.9 Å². The highest BCUT2D eigenvalue weighted by Gasteiger charge is 2.25. The first-order valence-corrected chi connectivity index (χ1v) is 9.50. The van der Waals surface area contributed by atoms with E-state index in [2.05, 4.69) is 52.5 Å². The summed E-state index contributed by atoms with van der Waals surface area (Å²) < 4.78 is 0. The lowest BCUT2D eigenvalue weighted by atomic mass is 9.98. The largest absolute Gasteiger partial charge is 0.314 e. The van der Waals surface area contributed by atoms with Gasteiger partial charge in [0.2, 0.25) is 0 Å². The molecule has 1 aromatic carbocycles. The van der Waals surface area contributed by atoms with Crippen molar-refractivity contribution >= 4 is 0 Å². The van der Waals surface area contributed by atoms with Crippen molar-refractivity contribution in [2.45, 2.75) is 44.1 Å². The lowest BCUT2D eigenvalue weighted by molar-refractivity contribution is 0.271. The maximum Gasteiger partial charge on any atom is 0.0109 e. The second-order valence-electron chi connectivity index (χ2n) is 7.42. The van der Waals surface area contributed by atoms with Crippen LogP contribution < -0.4 is 5.32 Å². The fourth-order valence-corrected chi connectivity index (χ4v) is 4.13.